The summed E-state index contributed by atoms with van der Waals surface area (Å²) in [5.41, 5.74) is -0.479. The highest BCUT2D eigenvalue weighted by Crippen LogP contribution is 2.16. The molecule has 0 bridgehead atoms. The molecule has 1 aromatic rings. The predicted octanol–water partition coefficient (Wildman–Crippen LogP) is 3.87. The molecule has 0 spiro atoms. The Kier molecular flexibility index (Phi) is 8.36. The van der Waals surface area contributed by atoms with Gasteiger partial charge in [-0.25, -0.2) is 9.59 Å². The van der Waals surface area contributed by atoms with E-state index in [0.29, 0.717) is 12.4 Å². The van der Waals surface area contributed by atoms with Gasteiger partial charge in [0.15, 0.2) is 0 Å². The number of nitrogens with one attached hydrogen (secondary N) is 1. The maximum Gasteiger partial charge on any atom is 0.408 e. The summed E-state index contributed by atoms with van der Waals surface area (Å²) in [6.45, 7) is 12.7. The lowest BCUT2D eigenvalue weighted by molar-refractivity contribution is -0.157. The molecule has 0 saturated carbocycles. The second-order valence-electron chi connectivity index (χ2n) is 8.30. The first-order valence-electron chi connectivity index (χ1n) is 9.23. The van der Waals surface area contributed by atoms with E-state index >= 15 is 0 Å². The summed E-state index contributed by atoms with van der Waals surface area (Å²) in [5, 5.41) is 2.62. The van der Waals surface area contributed by atoms with Crippen LogP contribution in [0.15, 0.2) is 24.3 Å². The summed E-state index contributed by atoms with van der Waals surface area (Å²) < 4.78 is 16.2. The molecule has 0 aliphatic rings. The Bertz CT molecular complexity index is 715. The van der Waals surface area contributed by atoms with Crippen LogP contribution < -0.4 is 10.1 Å². The Morgan fingerprint density at radius 3 is 2.07 bits per heavy atom. The molecule has 1 N–H and O–H groups in total. The zero-order chi connectivity index (χ0) is 21.4. The number of carbonyl (C=O) groups is 2. The van der Waals surface area contributed by atoms with Crippen LogP contribution in [0.25, 0.3) is 0 Å². The molecule has 0 aliphatic carbocycles. The Hall–Kier alpha value is -2.68. The summed E-state index contributed by atoms with van der Waals surface area (Å²) in [6.07, 6.45) is -0.398. The summed E-state index contributed by atoms with van der Waals surface area (Å²) in [4.78, 5) is 24.7. The van der Waals surface area contributed by atoms with Crippen molar-refractivity contribution in [2.45, 2.75) is 72.1 Å². The largest absolute Gasteiger partial charge is 0.481 e. The van der Waals surface area contributed by atoms with Gasteiger partial charge in [-0.3, -0.25) is 0 Å². The highest BCUT2D eigenvalue weighted by atomic mass is 16.6. The molecular formula is C22H31NO5. The van der Waals surface area contributed by atoms with Crippen LogP contribution in [0.4, 0.5) is 4.79 Å². The smallest absolute Gasteiger partial charge is 0.408 e. The molecule has 6 nitrogen and oxygen atoms in total. The van der Waals surface area contributed by atoms with Gasteiger partial charge in [0.2, 0.25) is 0 Å². The van der Waals surface area contributed by atoms with Gasteiger partial charge in [0.25, 0.3) is 0 Å². The van der Waals surface area contributed by atoms with E-state index in [9.17, 15) is 9.59 Å². The van der Waals surface area contributed by atoms with Gasteiger partial charge < -0.3 is 19.5 Å². The standard InChI is InChI=1S/C22H31NO5/c1-8-9-14-26-17-12-10-16(11-13-17)15-18(19(24)27-21(2,3)4)23-20(25)28-22(5,6)7/h10-13,18H,14-15H2,1-7H3,(H,23,25)/t18-/m0/s1. The van der Waals surface area contributed by atoms with E-state index in [1.807, 2.05) is 12.1 Å². The van der Waals surface area contributed by atoms with Crippen LogP contribution in [0.3, 0.4) is 0 Å². The van der Waals surface area contributed by atoms with Crippen molar-refractivity contribution in [3.05, 3.63) is 29.8 Å². The average molecular weight is 389 g/mol. The third kappa shape index (κ3) is 9.86. The second kappa shape index (κ2) is 10.0. The molecule has 6 heteroatoms. The number of hydrogen-bond donors (Lipinski definition) is 1. The molecule has 0 unspecified atom stereocenters. The van der Waals surface area contributed by atoms with Crippen molar-refractivity contribution in [2.24, 2.45) is 0 Å². The lowest BCUT2D eigenvalue weighted by Crippen LogP contribution is -2.47. The molecule has 28 heavy (non-hydrogen) atoms. The molecule has 0 aromatic heterocycles. The van der Waals surface area contributed by atoms with E-state index < -0.39 is 29.3 Å². The van der Waals surface area contributed by atoms with Crippen molar-refractivity contribution in [2.75, 3.05) is 6.61 Å². The first kappa shape index (κ1) is 23.4. The molecule has 154 valence electrons. The predicted molar refractivity (Wildman–Crippen MR) is 108 cm³/mol. The van der Waals surface area contributed by atoms with Gasteiger partial charge in [-0.05, 0) is 66.2 Å². The van der Waals surface area contributed by atoms with E-state index in [-0.39, 0.29) is 6.42 Å². The molecular weight excluding hydrogens is 358 g/mol. The van der Waals surface area contributed by atoms with Crippen molar-refractivity contribution in [3.8, 4) is 17.6 Å². The number of hydrogen-bond acceptors (Lipinski definition) is 5. The van der Waals surface area contributed by atoms with Crippen molar-refractivity contribution in [3.63, 3.8) is 0 Å². The van der Waals surface area contributed by atoms with E-state index in [4.69, 9.17) is 14.2 Å². The SMILES string of the molecule is CC#CCOc1ccc(C[C@H](NC(=O)OC(C)(C)C)C(=O)OC(C)(C)C)cc1. The second-order valence-corrected chi connectivity index (χ2v) is 8.30. The molecule has 1 aromatic carbocycles. The average Bonchev–Trinajstić information content (AvgIpc) is 2.52. The number of benzene rings is 1. The molecule has 0 heterocycles. The third-order valence-electron chi connectivity index (χ3n) is 3.23. The van der Waals surface area contributed by atoms with Crippen LogP contribution >= 0.6 is 0 Å². The van der Waals surface area contributed by atoms with E-state index in [1.165, 1.54) is 0 Å². The van der Waals surface area contributed by atoms with Crippen LogP contribution in [-0.4, -0.2) is 35.9 Å². The molecule has 1 amide bonds. The molecule has 0 saturated heterocycles. The quantitative estimate of drug-likeness (QED) is 0.591. The third-order valence-corrected chi connectivity index (χ3v) is 3.23. The zero-order valence-corrected chi connectivity index (χ0v) is 17.8. The number of esters is 1. The number of alkyl carbamates (subject to hydrolysis) is 1. The van der Waals surface area contributed by atoms with Crippen molar-refractivity contribution in [1.29, 1.82) is 0 Å². The summed E-state index contributed by atoms with van der Waals surface area (Å²) in [7, 11) is 0. The van der Waals surface area contributed by atoms with Crippen LogP contribution in [0.1, 0.15) is 54.0 Å². The summed E-state index contributed by atoms with van der Waals surface area (Å²) in [5.74, 6) is 5.75. The highest BCUT2D eigenvalue weighted by Gasteiger charge is 2.28. The number of carbonyl (C=O) groups excluding carboxylic acids is 2. The number of rotatable bonds is 6. The minimum Gasteiger partial charge on any atom is -0.481 e. The fourth-order valence-electron chi connectivity index (χ4n) is 2.17. The molecule has 0 radical (unpaired) electrons. The maximum absolute atomic E-state index is 12.6. The monoisotopic (exact) mass is 389 g/mol. The molecule has 0 fully saturated rings. The summed E-state index contributed by atoms with van der Waals surface area (Å²) >= 11 is 0. The minimum absolute atomic E-state index is 0.267. The number of amides is 1. The Balaban J connectivity index is 2.87. The molecule has 0 aliphatic heterocycles. The van der Waals surface area contributed by atoms with E-state index in [2.05, 4.69) is 17.2 Å². The van der Waals surface area contributed by atoms with Crippen LogP contribution in [0.5, 0.6) is 5.75 Å². The number of ether oxygens (including phenoxy) is 3. The lowest BCUT2D eigenvalue weighted by atomic mass is 10.1. The lowest BCUT2D eigenvalue weighted by Gasteiger charge is -2.26. The maximum atomic E-state index is 12.6. The van der Waals surface area contributed by atoms with Crippen molar-refractivity contribution in [1.82, 2.24) is 5.32 Å². The fraction of sp³-hybridized carbons (Fsp3) is 0.545. The van der Waals surface area contributed by atoms with Gasteiger partial charge in [0, 0.05) is 6.42 Å². The van der Waals surface area contributed by atoms with Crippen LogP contribution in [0, 0.1) is 11.8 Å². The van der Waals surface area contributed by atoms with Gasteiger partial charge in [0.1, 0.15) is 29.6 Å². The van der Waals surface area contributed by atoms with Gasteiger partial charge >= 0.3 is 12.1 Å². The van der Waals surface area contributed by atoms with Gasteiger partial charge in [-0.1, -0.05) is 18.1 Å². The van der Waals surface area contributed by atoms with Gasteiger partial charge in [0.05, 0.1) is 0 Å². The van der Waals surface area contributed by atoms with Gasteiger partial charge in [-0.15, -0.1) is 5.92 Å². The normalized spacial score (nSPS) is 12.2. The first-order chi connectivity index (χ1) is 12.9. The van der Waals surface area contributed by atoms with E-state index in [1.54, 1.807) is 60.6 Å². The minimum atomic E-state index is -0.869. The Morgan fingerprint density at radius 1 is 1.00 bits per heavy atom. The fourth-order valence-corrected chi connectivity index (χ4v) is 2.17. The highest BCUT2D eigenvalue weighted by molar-refractivity contribution is 5.82. The Labute approximate surface area is 167 Å². The van der Waals surface area contributed by atoms with Crippen LogP contribution in [0.2, 0.25) is 0 Å². The Morgan fingerprint density at radius 2 is 1.57 bits per heavy atom. The molecule has 1 atom stereocenters. The molecule has 1 rings (SSSR count). The van der Waals surface area contributed by atoms with Crippen LogP contribution in [-0.2, 0) is 20.7 Å². The topological polar surface area (TPSA) is 73.9 Å². The van der Waals surface area contributed by atoms with Crippen molar-refractivity contribution >= 4 is 12.1 Å². The summed E-state index contributed by atoms with van der Waals surface area (Å²) in [6, 6.07) is 6.40. The van der Waals surface area contributed by atoms with E-state index in [0.717, 1.165) is 5.56 Å². The zero-order valence-electron chi connectivity index (χ0n) is 17.8. The van der Waals surface area contributed by atoms with Gasteiger partial charge in [-0.2, -0.15) is 0 Å². The van der Waals surface area contributed by atoms with Crippen molar-refractivity contribution < 1.29 is 23.8 Å². The first-order valence-corrected chi connectivity index (χ1v) is 9.23.